The van der Waals surface area contributed by atoms with Crippen molar-refractivity contribution in [2.24, 2.45) is 0 Å². The standard InChI is InChI=1S/C17H7Br2N5O2S/c18-8-10-11(9(19)13-12(8)22-27-23-13)21-15-14(20-10)16(25)24(17(15)26)6-7-4-2-1-3-5-7/h1-5H,6H2. The zero-order valence-corrected chi connectivity index (χ0v) is 17.3. The molecule has 0 aliphatic carbocycles. The van der Waals surface area contributed by atoms with E-state index in [-0.39, 0.29) is 17.9 Å². The van der Waals surface area contributed by atoms with Gasteiger partial charge >= 0.3 is 0 Å². The third kappa shape index (κ3) is 2.43. The van der Waals surface area contributed by atoms with Gasteiger partial charge < -0.3 is 0 Å². The number of fused-ring (bicyclic) bond motifs is 3. The van der Waals surface area contributed by atoms with Gasteiger partial charge in [0.15, 0.2) is 11.4 Å². The summed E-state index contributed by atoms with van der Waals surface area (Å²) in [7, 11) is 0. The lowest BCUT2D eigenvalue weighted by Crippen LogP contribution is -2.29. The second-order valence-corrected chi connectivity index (χ2v) is 8.00. The number of aromatic nitrogens is 4. The zero-order chi connectivity index (χ0) is 18.7. The molecule has 2 aromatic heterocycles. The number of rotatable bonds is 2. The summed E-state index contributed by atoms with van der Waals surface area (Å²) in [6, 6.07) is 9.32. The van der Waals surface area contributed by atoms with Crippen molar-refractivity contribution in [3.05, 3.63) is 56.2 Å². The molecule has 27 heavy (non-hydrogen) atoms. The van der Waals surface area contributed by atoms with Crippen LogP contribution in [0, 0.1) is 0 Å². The van der Waals surface area contributed by atoms with Gasteiger partial charge in [-0.3, -0.25) is 14.5 Å². The van der Waals surface area contributed by atoms with Gasteiger partial charge in [-0.25, -0.2) is 9.97 Å². The molecule has 0 fully saturated rings. The average molecular weight is 505 g/mol. The number of hydrogen-bond acceptors (Lipinski definition) is 7. The molecule has 5 rings (SSSR count). The Morgan fingerprint density at radius 2 is 1.33 bits per heavy atom. The highest BCUT2D eigenvalue weighted by Crippen LogP contribution is 2.38. The fourth-order valence-electron chi connectivity index (χ4n) is 3.00. The molecule has 0 bridgehead atoms. The van der Waals surface area contributed by atoms with Crippen molar-refractivity contribution in [3.8, 4) is 0 Å². The van der Waals surface area contributed by atoms with Crippen molar-refractivity contribution >= 4 is 77.5 Å². The number of hydrogen-bond donors (Lipinski definition) is 0. The average Bonchev–Trinajstić information content (AvgIpc) is 3.26. The number of benzene rings is 2. The minimum absolute atomic E-state index is 0.0542. The molecule has 0 radical (unpaired) electrons. The van der Waals surface area contributed by atoms with E-state index in [0.717, 1.165) is 17.3 Å². The van der Waals surface area contributed by atoms with Gasteiger partial charge in [-0.15, -0.1) is 0 Å². The molecule has 0 unspecified atom stereocenters. The number of nitrogens with zero attached hydrogens (tertiary/aromatic N) is 5. The lowest BCUT2D eigenvalue weighted by atomic mass is 10.2. The van der Waals surface area contributed by atoms with Gasteiger partial charge in [0, 0.05) is 0 Å². The van der Waals surface area contributed by atoms with Gasteiger partial charge in [-0.05, 0) is 37.4 Å². The molecular weight excluding hydrogens is 498 g/mol. The van der Waals surface area contributed by atoms with Crippen molar-refractivity contribution in [2.45, 2.75) is 6.54 Å². The van der Waals surface area contributed by atoms with Crippen LogP contribution in [-0.4, -0.2) is 35.4 Å². The Morgan fingerprint density at radius 1 is 0.815 bits per heavy atom. The molecule has 1 aliphatic rings. The molecule has 3 heterocycles. The molecule has 0 N–H and O–H groups in total. The van der Waals surface area contributed by atoms with Crippen LogP contribution in [0.1, 0.15) is 26.5 Å². The Balaban J connectivity index is 1.69. The highest BCUT2D eigenvalue weighted by molar-refractivity contribution is 9.11. The summed E-state index contributed by atoms with van der Waals surface area (Å²) in [5.74, 6) is -0.902. The maximum atomic E-state index is 12.8. The Bertz CT molecular complexity index is 1200. The Labute approximate surface area is 173 Å². The van der Waals surface area contributed by atoms with E-state index in [1.807, 2.05) is 30.3 Å². The smallest absolute Gasteiger partial charge is 0.267 e. The van der Waals surface area contributed by atoms with E-state index < -0.39 is 11.8 Å². The minimum atomic E-state index is -0.451. The van der Waals surface area contributed by atoms with Gasteiger partial charge in [-0.1, -0.05) is 30.3 Å². The first-order chi connectivity index (χ1) is 13.1. The second kappa shape index (κ2) is 6.11. The maximum Gasteiger partial charge on any atom is 0.282 e. The highest BCUT2D eigenvalue weighted by Gasteiger charge is 2.39. The molecule has 0 atom stereocenters. The molecule has 4 aromatic rings. The van der Waals surface area contributed by atoms with Gasteiger partial charge in [0.25, 0.3) is 11.8 Å². The number of carbonyl (C=O) groups excluding carboxylic acids is 2. The number of carbonyl (C=O) groups is 2. The molecule has 2 aromatic carbocycles. The van der Waals surface area contributed by atoms with E-state index in [4.69, 9.17) is 0 Å². The monoisotopic (exact) mass is 503 g/mol. The molecule has 2 amide bonds. The SMILES string of the molecule is O=C1c2nc3c(Br)c4nsnc4c(Br)c3nc2C(=O)N1Cc1ccccc1. The van der Waals surface area contributed by atoms with E-state index in [9.17, 15) is 9.59 Å². The third-order valence-electron chi connectivity index (χ3n) is 4.29. The fourth-order valence-corrected chi connectivity index (χ4v) is 4.90. The Hall–Kier alpha value is -2.30. The van der Waals surface area contributed by atoms with Crippen LogP contribution in [0.15, 0.2) is 39.3 Å². The third-order valence-corrected chi connectivity index (χ3v) is 6.33. The minimum Gasteiger partial charge on any atom is -0.267 e. The normalized spacial score (nSPS) is 13.8. The zero-order valence-electron chi connectivity index (χ0n) is 13.3. The van der Waals surface area contributed by atoms with Crippen LogP contribution in [0.4, 0.5) is 0 Å². The quantitative estimate of drug-likeness (QED) is 0.384. The van der Waals surface area contributed by atoms with E-state index >= 15 is 0 Å². The van der Waals surface area contributed by atoms with Crippen molar-refractivity contribution in [2.75, 3.05) is 0 Å². The first-order valence-corrected chi connectivity index (χ1v) is 10.1. The summed E-state index contributed by atoms with van der Waals surface area (Å²) in [4.78, 5) is 35.7. The van der Waals surface area contributed by atoms with Crippen LogP contribution < -0.4 is 0 Å². The molecule has 0 saturated heterocycles. The van der Waals surface area contributed by atoms with Crippen molar-refractivity contribution < 1.29 is 9.59 Å². The van der Waals surface area contributed by atoms with Gasteiger partial charge in [0.05, 0.1) is 27.2 Å². The van der Waals surface area contributed by atoms with E-state index in [0.29, 0.717) is 31.0 Å². The first kappa shape index (κ1) is 16.8. The van der Waals surface area contributed by atoms with Crippen LogP contribution in [0.5, 0.6) is 0 Å². The van der Waals surface area contributed by atoms with Crippen molar-refractivity contribution in [1.82, 2.24) is 23.6 Å². The number of amides is 2. The summed E-state index contributed by atoms with van der Waals surface area (Å²) in [6.07, 6.45) is 0. The topological polar surface area (TPSA) is 88.9 Å². The molecule has 10 heteroatoms. The molecule has 0 spiro atoms. The van der Waals surface area contributed by atoms with Gasteiger partial charge in [-0.2, -0.15) is 8.75 Å². The van der Waals surface area contributed by atoms with Crippen LogP contribution >= 0.6 is 43.6 Å². The number of halogens is 2. The van der Waals surface area contributed by atoms with E-state index in [2.05, 4.69) is 50.6 Å². The Morgan fingerprint density at radius 3 is 1.85 bits per heavy atom. The van der Waals surface area contributed by atoms with Crippen molar-refractivity contribution in [1.29, 1.82) is 0 Å². The van der Waals surface area contributed by atoms with Crippen LogP contribution in [0.2, 0.25) is 0 Å². The predicted molar refractivity (Wildman–Crippen MR) is 107 cm³/mol. The first-order valence-electron chi connectivity index (χ1n) is 7.77. The highest BCUT2D eigenvalue weighted by atomic mass is 79.9. The molecule has 7 nitrogen and oxygen atoms in total. The fraction of sp³-hybridized carbons (Fsp3) is 0.0588. The van der Waals surface area contributed by atoms with Gasteiger partial charge in [0.2, 0.25) is 0 Å². The maximum absolute atomic E-state index is 12.8. The molecule has 132 valence electrons. The lowest BCUT2D eigenvalue weighted by molar-refractivity contribution is 0.0639. The molecule has 0 saturated carbocycles. The van der Waals surface area contributed by atoms with Gasteiger partial charge in [0.1, 0.15) is 22.1 Å². The van der Waals surface area contributed by atoms with Crippen LogP contribution in [0.25, 0.3) is 22.1 Å². The lowest BCUT2D eigenvalue weighted by Gasteiger charge is -2.12. The summed E-state index contributed by atoms with van der Waals surface area (Å²) in [6.45, 7) is 0.174. The molecular formula is C17H7Br2N5O2S. The van der Waals surface area contributed by atoms with Crippen molar-refractivity contribution in [3.63, 3.8) is 0 Å². The van der Waals surface area contributed by atoms with Crippen LogP contribution in [-0.2, 0) is 6.54 Å². The Kier molecular flexibility index (Phi) is 3.81. The molecule has 1 aliphatic heterocycles. The summed E-state index contributed by atoms with van der Waals surface area (Å²) in [5.41, 5.74) is 3.15. The summed E-state index contributed by atoms with van der Waals surface area (Å²) in [5, 5.41) is 0. The predicted octanol–water partition coefficient (Wildman–Crippen LogP) is 3.96. The number of imide groups is 1. The summed E-state index contributed by atoms with van der Waals surface area (Å²) < 4.78 is 9.70. The second-order valence-electron chi connectivity index (χ2n) is 5.89. The summed E-state index contributed by atoms with van der Waals surface area (Å²) >= 11 is 8.02. The van der Waals surface area contributed by atoms with E-state index in [1.54, 1.807) is 0 Å². The van der Waals surface area contributed by atoms with Crippen LogP contribution in [0.3, 0.4) is 0 Å². The largest absolute Gasteiger partial charge is 0.282 e. The van der Waals surface area contributed by atoms with E-state index in [1.165, 1.54) is 4.90 Å².